The summed E-state index contributed by atoms with van der Waals surface area (Å²) in [6, 6.07) is 9.20. The first kappa shape index (κ1) is 20.2. The number of pyridine rings is 2. The third-order valence-electron chi connectivity index (χ3n) is 5.42. The summed E-state index contributed by atoms with van der Waals surface area (Å²) in [5, 5.41) is 31.6. The van der Waals surface area contributed by atoms with E-state index in [9.17, 15) is 14.9 Å². The number of fused-ring (bicyclic) bond motifs is 1. The monoisotopic (exact) mass is 444 g/mol. The van der Waals surface area contributed by atoms with Gasteiger partial charge in [0, 0.05) is 41.2 Å². The molecule has 8 nitrogen and oxygen atoms in total. The van der Waals surface area contributed by atoms with E-state index >= 15 is 0 Å². The molecule has 1 atom stereocenters. The minimum atomic E-state index is -0.450. The van der Waals surface area contributed by atoms with Crippen LogP contribution >= 0.6 is 11.8 Å². The van der Waals surface area contributed by atoms with Gasteiger partial charge in [0.05, 0.1) is 23.3 Å². The average molecular weight is 444 g/mol. The smallest absolute Gasteiger partial charge is 0.170 e. The zero-order valence-corrected chi connectivity index (χ0v) is 17.7. The number of halogens is 1. The third-order valence-corrected chi connectivity index (χ3v) is 6.45. The van der Waals surface area contributed by atoms with E-state index in [1.165, 1.54) is 24.5 Å². The summed E-state index contributed by atoms with van der Waals surface area (Å²) in [7, 11) is 0. The molecule has 0 radical (unpaired) electrons. The highest BCUT2D eigenvalue weighted by atomic mass is 32.2. The molecule has 1 aliphatic heterocycles. The molecule has 0 saturated carbocycles. The van der Waals surface area contributed by atoms with Crippen molar-refractivity contribution in [2.75, 3.05) is 13.1 Å². The molecule has 10 heteroatoms. The maximum Gasteiger partial charge on any atom is 0.170 e. The van der Waals surface area contributed by atoms with Crippen LogP contribution in [0.25, 0.3) is 16.6 Å². The molecule has 0 aromatic carbocycles. The Labute approximate surface area is 187 Å². The van der Waals surface area contributed by atoms with Gasteiger partial charge in [-0.2, -0.15) is 20.7 Å². The first-order chi connectivity index (χ1) is 15.7. The maximum absolute atomic E-state index is 14.3. The lowest BCUT2D eigenvalue weighted by Gasteiger charge is -2.22. The van der Waals surface area contributed by atoms with Crippen molar-refractivity contribution in [3.8, 4) is 23.3 Å². The molecular weight excluding hydrogens is 427 g/mol. The predicted octanol–water partition coefficient (Wildman–Crippen LogP) is 3.55. The van der Waals surface area contributed by atoms with Gasteiger partial charge >= 0.3 is 0 Å². The lowest BCUT2D eigenvalue weighted by molar-refractivity contribution is 0.346. The van der Waals surface area contributed by atoms with E-state index in [1.807, 2.05) is 16.9 Å². The second-order valence-corrected chi connectivity index (χ2v) is 8.46. The average Bonchev–Trinajstić information content (AvgIpc) is 3.45. The zero-order valence-electron chi connectivity index (χ0n) is 16.9. The molecule has 0 aliphatic carbocycles. The SMILES string of the molecule is N#Cc1nn([C@H]2CCCNC2)cc1-c1cc(Sc2ncccc2F)c2c(C#N)cnn2c1. The van der Waals surface area contributed by atoms with Crippen molar-refractivity contribution in [1.82, 2.24) is 29.7 Å². The molecule has 5 heterocycles. The molecule has 1 saturated heterocycles. The summed E-state index contributed by atoms with van der Waals surface area (Å²) in [6.07, 6.45) is 8.67. The van der Waals surface area contributed by atoms with Crippen LogP contribution < -0.4 is 5.32 Å². The number of nitrogens with zero attached hydrogens (tertiary/aromatic N) is 7. The highest BCUT2D eigenvalue weighted by Crippen LogP contribution is 2.36. The van der Waals surface area contributed by atoms with Gasteiger partial charge in [0.25, 0.3) is 0 Å². The fourth-order valence-corrected chi connectivity index (χ4v) is 4.85. The highest BCUT2D eigenvalue weighted by molar-refractivity contribution is 7.99. The van der Waals surface area contributed by atoms with Gasteiger partial charge in [0.1, 0.15) is 17.2 Å². The fourth-order valence-electron chi connectivity index (χ4n) is 3.87. The molecule has 4 aromatic rings. The number of hydrogen-bond acceptors (Lipinski definition) is 7. The van der Waals surface area contributed by atoms with E-state index in [0.717, 1.165) is 37.7 Å². The molecular formula is C22H17FN8S. The van der Waals surface area contributed by atoms with Gasteiger partial charge in [0.15, 0.2) is 11.5 Å². The number of rotatable bonds is 4. The van der Waals surface area contributed by atoms with E-state index in [0.29, 0.717) is 32.8 Å². The first-order valence-corrected chi connectivity index (χ1v) is 10.9. The Morgan fingerprint density at radius 1 is 1.25 bits per heavy atom. The molecule has 0 amide bonds. The summed E-state index contributed by atoms with van der Waals surface area (Å²) < 4.78 is 17.7. The van der Waals surface area contributed by atoms with Crippen LogP contribution in [-0.2, 0) is 0 Å². The lowest BCUT2D eigenvalue weighted by Crippen LogP contribution is -2.31. The Balaban J connectivity index is 1.64. The van der Waals surface area contributed by atoms with Crippen LogP contribution in [0.15, 0.2) is 52.9 Å². The Hall–Kier alpha value is -3.73. The van der Waals surface area contributed by atoms with Crippen molar-refractivity contribution in [1.29, 1.82) is 10.5 Å². The number of nitrogens with one attached hydrogen (secondary N) is 1. The molecule has 158 valence electrons. The van der Waals surface area contributed by atoms with Crippen LogP contribution in [0.2, 0.25) is 0 Å². The molecule has 0 spiro atoms. The fraction of sp³-hybridized carbons (Fsp3) is 0.227. The van der Waals surface area contributed by atoms with E-state index in [4.69, 9.17) is 0 Å². The minimum absolute atomic E-state index is 0.180. The maximum atomic E-state index is 14.3. The van der Waals surface area contributed by atoms with Gasteiger partial charge in [-0.05, 0) is 37.6 Å². The Kier molecular flexibility index (Phi) is 5.31. The van der Waals surface area contributed by atoms with Crippen molar-refractivity contribution >= 4 is 17.3 Å². The highest BCUT2D eigenvalue weighted by Gasteiger charge is 2.21. The molecule has 4 aromatic heterocycles. The largest absolute Gasteiger partial charge is 0.315 e. The Bertz CT molecular complexity index is 1390. The molecule has 0 unspecified atom stereocenters. The van der Waals surface area contributed by atoms with Crippen molar-refractivity contribution in [2.45, 2.75) is 28.8 Å². The lowest BCUT2D eigenvalue weighted by atomic mass is 10.1. The van der Waals surface area contributed by atoms with Crippen LogP contribution in [0.1, 0.15) is 30.1 Å². The summed E-state index contributed by atoms with van der Waals surface area (Å²) in [6.45, 7) is 1.79. The van der Waals surface area contributed by atoms with Crippen molar-refractivity contribution < 1.29 is 4.39 Å². The minimum Gasteiger partial charge on any atom is -0.315 e. The van der Waals surface area contributed by atoms with Gasteiger partial charge < -0.3 is 5.32 Å². The van der Waals surface area contributed by atoms with E-state index in [1.54, 1.807) is 10.7 Å². The van der Waals surface area contributed by atoms with Crippen molar-refractivity contribution in [3.05, 3.63) is 60.1 Å². The summed E-state index contributed by atoms with van der Waals surface area (Å²) >= 11 is 1.12. The van der Waals surface area contributed by atoms with Gasteiger partial charge in [0.2, 0.25) is 0 Å². The van der Waals surface area contributed by atoms with Gasteiger partial charge in [-0.25, -0.2) is 13.9 Å². The molecule has 5 rings (SSSR count). The first-order valence-electron chi connectivity index (χ1n) is 10.1. The predicted molar refractivity (Wildman–Crippen MR) is 115 cm³/mol. The van der Waals surface area contributed by atoms with Crippen LogP contribution in [0, 0.1) is 28.5 Å². The summed E-state index contributed by atoms with van der Waals surface area (Å²) in [5.41, 5.74) is 2.61. The van der Waals surface area contributed by atoms with Gasteiger partial charge in [-0.1, -0.05) is 11.8 Å². The Morgan fingerprint density at radius 3 is 2.91 bits per heavy atom. The molecule has 0 bridgehead atoms. The number of nitriles is 2. The van der Waals surface area contributed by atoms with E-state index in [2.05, 4.69) is 32.6 Å². The van der Waals surface area contributed by atoms with E-state index in [-0.39, 0.29) is 11.1 Å². The van der Waals surface area contributed by atoms with E-state index < -0.39 is 5.82 Å². The van der Waals surface area contributed by atoms with Gasteiger partial charge in [-0.3, -0.25) is 4.68 Å². The standard InChI is InChI=1S/C22H17FN8S/c23-18-4-2-6-27-22(18)32-20-7-14(12-31-21(20)15(8-24)10-28-31)17-13-30(29-19(17)9-25)16-3-1-5-26-11-16/h2,4,6-7,10,12-13,16,26H,1,3,5,11H2/t16-/m0/s1. The summed E-state index contributed by atoms with van der Waals surface area (Å²) in [4.78, 5) is 4.74. The second-order valence-electron chi connectivity index (χ2n) is 7.43. The van der Waals surface area contributed by atoms with Crippen LogP contribution in [0.5, 0.6) is 0 Å². The quantitative estimate of drug-likeness (QED) is 0.513. The van der Waals surface area contributed by atoms with Crippen LogP contribution in [0.4, 0.5) is 4.39 Å². The second kappa shape index (κ2) is 8.42. The number of hydrogen-bond donors (Lipinski definition) is 1. The van der Waals surface area contributed by atoms with Crippen molar-refractivity contribution in [2.24, 2.45) is 0 Å². The molecule has 1 N–H and O–H groups in total. The van der Waals surface area contributed by atoms with Crippen LogP contribution in [-0.4, -0.2) is 37.5 Å². The van der Waals surface area contributed by atoms with Gasteiger partial charge in [-0.15, -0.1) is 0 Å². The normalized spacial score (nSPS) is 16.0. The molecule has 1 aliphatic rings. The molecule has 32 heavy (non-hydrogen) atoms. The third kappa shape index (κ3) is 3.60. The number of piperidine rings is 1. The summed E-state index contributed by atoms with van der Waals surface area (Å²) in [5.74, 6) is -0.450. The van der Waals surface area contributed by atoms with Crippen molar-refractivity contribution in [3.63, 3.8) is 0 Å². The topological polar surface area (TPSA) is 108 Å². The number of aromatic nitrogens is 5. The molecule has 1 fully saturated rings. The van der Waals surface area contributed by atoms with Crippen LogP contribution in [0.3, 0.4) is 0 Å². The zero-order chi connectivity index (χ0) is 22.1. The Morgan fingerprint density at radius 2 is 2.16 bits per heavy atom.